The van der Waals surface area contributed by atoms with Gasteiger partial charge in [-0.05, 0) is 0 Å². The van der Waals surface area contributed by atoms with Gasteiger partial charge in [-0.2, -0.15) is 96.6 Å². The fourth-order valence-corrected chi connectivity index (χ4v) is 3.60. The Kier molecular flexibility index (Phi) is 6.72. The van der Waals surface area contributed by atoms with E-state index in [1.165, 1.54) is 0 Å². The Morgan fingerprint density at radius 3 is 1.21 bits per heavy atom. The lowest BCUT2D eigenvalue weighted by molar-refractivity contribution is -0.437. The molecule has 0 amide bonds. The number of fused-ring (bicyclic) bond motifs is 3. The van der Waals surface area contributed by atoms with Crippen LogP contribution in [0.25, 0.3) is 0 Å². The quantitative estimate of drug-likeness (QED) is 0.201. The van der Waals surface area contributed by atoms with Crippen molar-refractivity contribution in [3.63, 3.8) is 0 Å². The fraction of sp³-hybridized carbons (Fsp3) is 0.647. The minimum Gasteiger partial charge on any atom is -0.424 e. The van der Waals surface area contributed by atoms with Crippen LogP contribution in [0, 0.1) is 11.6 Å². The summed E-state index contributed by atoms with van der Waals surface area (Å²) in [7, 11) is 0. The Bertz CT molecular complexity index is 1340. The third-order valence-electron chi connectivity index (χ3n) is 5.85. The van der Waals surface area contributed by atoms with Gasteiger partial charge in [-0.1, -0.05) is 0 Å². The number of hydrogen-bond donors (Lipinski definition) is 0. The smallest absolute Gasteiger partial charge is 0.424 e. The number of ether oxygens (including phenoxy) is 2. The number of benzene rings is 1. The molecule has 248 valence electrons. The summed E-state index contributed by atoms with van der Waals surface area (Å²) in [4.78, 5) is 0. The first kappa shape index (κ1) is 34.8. The molecule has 2 bridgehead atoms. The summed E-state index contributed by atoms with van der Waals surface area (Å²) in [6, 6.07) is 0. The molecular formula is C17F24O2. The normalized spacial score (nSPS) is 31.9. The van der Waals surface area contributed by atoms with Gasteiger partial charge in [0.1, 0.15) is 22.5 Å². The van der Waals surface area contributed by atoms with Crippen molar-refractivity contribution in [2.45, 2.75) is 65.7 Å². The van der Waals surface area contributed by atoms with E-state index in [0.717, 1.165) is 0 Å². The lowest BCUT2D eigenvalue weighted by Gasteiger charge is -2.41. The first-order chi connectivity index (χ1) is 18.5. The van der Waals surface area contributed by atoms with Crippen molar-refractivity contribution in [1.29, 1.82) is 0 Å². The summed E-state index contributed by atoms with van der Waals surface area (Å²) >= 11 is 0. The van der Waals surface area contributed by atoms with Crippen molar-refractivity contribution in [3.05, 3.63) is 28.3 Å². The minimum absolute atomic E-state index is 2.16. The highest BCUT2D eigenvalue weighted by atomic mass is 19.4. The SMILES string of the molecule is Fc1c2c(C(F)(F)F)c(C(F)(F)F)c(F)c1C(F)(F)C(F)(F)C(F)(F)C(F)(F)C(F)(F)C(F)(F)C1(F)OC1(F)C(F)(F)O2. The molecule has 0 spiro atoms. The predicted molar refractivity (Wildman–Crippen MR) is 79.3 cm³/mol. The van der Waals surface area contributed by atoms with Crippen LogP contribution in [-0.4, -0.2) is 47.4 Å². The number of epoxide rings is 1. The van der Waals surface area contributed by atoms with E-state index in [1.807, 2.05) is 0 Å². The number of halogens is 24. The van der Waals surface area contributed by atoms with Crippen molar-refractivity contribution in [2.75, 3.05) is 0 Å². The fourth-order valence-electron chi connectivity index (χ4n) is 3.60. The van der Waals surface area contributed by atoms with E-state index in [0.29, 0.717) is 0 Å². The van der Waals surface area contributed by atoms with E-state index in [9.17, 15) is 105 Å². The summed E-state index contributed by atoms with van der Waals surface area (Å²) in [5, 5.41) is 0. The molecule has 0 aliphatic carbocycles. The van der Waals surface area contributed by atoms with Crippen molar-refractivity contribution >= 4 is 0 Å². The van der Waals surface area contributed by atoms with Gasteiger partial charge in [0, 0.05) is 0 Å². The molecule has 1 saturated heterocycles. The summed E-state index contributed by atoms with van der Waals surface area (Å²) in [6.45, 7) is 0. The highest BCUT2D eigenvalue weighted by Crippen LogP contribution is 2.72. The lowest BCUT2D eigenvalue weighted by atomic mass is 9.86. The molecule has 1 fully saturated rings. The highest BCUT2D eigenvalue weighted by Gasteiger charge is 3.04. The van der Waals surface area contributed by atoms with Gasteiger partial charge in [-0.15, -0.1) is 0 Å². The highest BCUT2D eigenvalue weighted by molar-refractivity contribution is 5.52. The maximum Gasteiger partial charge on any atom is 0.466 e. The van der Waals surface area contributed by atoms with Crippen LogP contribution < -0.4 is 4.74 Å². The van der Waals surface area contributed by atoms with E-state index in [4.69, 9.17) is 0 Å². The molecule has 26 heteroatoms. The molecule has 2 nitrogen and oxygen atoms in total. The van der Waals surface area contributed by atoms with Gasteiger partial charge in [0.25, 0.3) is 0 Å². The topological polar surface area (TPSA) is 21.8 Å². The first-order valence-electron chi connectivity index (χ1n) is 9.60. The molecule has 2 unspecified atom stereocenters. The second-order valence-electron chi connectivity index (χ2n) is 8.44. The molecular weight excluding hydrogens is 692 g/mol. The minimum atomic E-state index is -9.03. The standard InChI is InChI=1S/C17F24O2/c18-4-1(8(22,23)24)2(9(25,26)27)6-5(19)3(4)7(20,21)10(28,29)11(30,31)12(32,33)13(34,35)14(36,37)15(38)16(39,43-15)17(40,41)42-6. The van der Waals surface area contributed by atoms with Gasteiger partial charge in [0.2, 0.25) is 0 Å². The van der Waals surface area contributed by atoms with Gasteiger partial charge in [0.05, 0.1) is 0 Å². The summed E-state index contributed by atoms with van der Waals surface area (Å²) in [5.74, 6) is -81.0. The van der Waals surface area contributed by atoms with Gasteiger partial charge < -0.3 is 4.74 Å². The van der Waals surface area contributed by atoms with E-state index >= 15 is 0 Å². The van der Waals surface area contributed by atoms with Crippen molar-refractivity contribution < 1.29 is 115 Å². The van der Waals surface area contributed by atoms with Gasteiger partial charge in [0.15, 0.2) is 11.6 Å². The Morgan fingerprint density at radius 2 is 0.814 bits per heavy atom. The molecule has 0 radical (unpaired) electrons. The first-order valence-corrected chi connectivity index (χ1v) is 9.60. The van der Waals surface area contributed by atoms with E-state index in [1.54, 1.807) is 0 Å². The molecule has 0 saturated carbocycles. The van der Waals surface area contributed by atoms with Gasteiger partial charge >= 0.3 is 65.7 Å². The zero-order chi connectivity index (χ0) is 34.4. The van der Waals surface area contributed by atoms with Crippen LogP contribution in [-0.2, 0) is 23.0 Å². The molecule has 1 aromatic rings. The average molecular weight is 692 g/mol. The third-order valence-corrected chi connectivity index (χ3v) is 5.85. The predicted octanol–water partition coefficient (Wildman–Crippen LogP) is 8.62. The number of rotatable bonds is 0. The molecule has 43 heavy (non-hydrogen) atoms. The summed E-state index contributed by atoms with van der Waals surface area (Å²) in [6.07, 6.45) is -22.2. The van der Waals surface area contributed by atoms with Crippen LogP contribution in [0.3, 0.4) is 0 Å². The lowest BCUT2D eigenvalue weighted by Crippen LogP contribution is -2.72. The molecule has 2 atom stereocenters. The van der Waals surface area contributed by atoms with Crippen LogP contribution in [0.4, 0.5) is 105 Å². The molecule has 2 aliphatic rings. The second kappa shape index (κ2) is 8.31. The molecule has 1 aromatic carbocycles. The monoisotopic (exact) mass is 692 g/mol. The van der Waals surface area contributed by atoms with Crippen molar-refractivity contribution in [1.82, 2.24) is 0 Å². The zero-order valence-corrected chi connectivity index (χ0v) is 18.4. The Hall–Kier alpha value is -2.70. The molecule has 2 aliphatic heterocycles. The molecule has 0 N–H and O–H groups in total. The maximum atomic E-state index is 14.7. The second-order valence-corrected chi connectivity index (χ2v) is 8.44. The van der Waals surface area contributed by atoms with Crippen LogP contribution in [0.1, 0.15) is 16.7 Å². The zero-order valence-electron chi connectivity index (χ0n) is 18.4. The summed E-state index contributed by atoms with van der Waals surface area (Å²) in [5.41, 5.74) is -14.2. The third kappa shape index (κ3) is 3.78. The summed E-state index contributed by atoms with van der Waals surface area (Å²) < 4.78 is 340. The average Bonchev–Trinajstić information content (AvgIpc) is 3.37. The van der Waals surface area contributed by atoms with E-state index in [2.05, 4.69) is 9.47 Å². The Balaban J connectivity index is 2.72. The van der Waals surface area contributed by atoms with Crippen LogP contribution >= 0.6 is 0 Å². The molecule has 0 aromatic heterocycles. The largest absolute Gasteiger partial charge is 0.466 e. The van der Waals surface area contributed by atoms with Crippen LogP contribution in [0.15, 0.2) is 0 Å². The van der Waals surface area contributed by atoms with E-state index in [-0.39, 0.29) is 0 Å². The van der Waals surface area contributed by atoms with Gasteiger partial charge in [-0.25, -0.2) is 8.78 Å². The van der Waals surface area contributed by atoms with Crippen molar-refractivity contribution in [2.24, 2.45) is 0 Å². The van der Waals surface area contributed by atoms with Crippen LogP contribution in [0.5, 0.6) is 5.75 Å². The number of alkyl halides is 22. The molecule has 2 heterocycles. The molecule has 3 rings (SSSR count). The number of hydrogen-bond acceptors (Lipinski definition) is 2. The Labute approximate surface area is 216 Å². The maximum absolute atomic E-state index is 14.7. The van der Waals surface area contributed by atoms with Crippen molar-refractivity contribution in [3.8, 4) is 5.75 Å². The van der Waals surface area contributed by atoms with E-state index < -0.39 is 99.8 Å². The van der Waals surface area contributed by atoms with Crippen LogP contribution in [0.2, 0.25) is 0 Å². The Morgan fingerprint density at radius 1 is 0.442 bits per heavy atom. The van der Waals surface area contributed by atoms with Gasteiger partial charge in [-0.3, -0.25) is 4.74 Å².